The van der Waals surface area contributed by atoms with Crippen molar-refractivity contribution in [2.45, 2.75) is 57.7 Å². The molecule has 2 unspecified atom stereocenters. The van der Waals surface area contributed by atoms with E-state index in [1.165, 1.54) is 0 Å². The highest BCUT2D eigenvalue weighted by atomic mass is 35.5. The molecule has 7 heteroatoms. The molecule has 4 N–H and O–H groups in total. The summed E-state index contributed by atoms with van der Waals surface area (Å²) in [5.41, 5.74) is 6.76. The van der Waals surface area contributed by atoms with Crippen LogP contribution in [0.5, 0.6) is 0 Å². The van der Waals surface area contributed by atoms with Crippen molar-refractivity contribution in [1.82, 2.24) is 5.32 Å². The zero-order chi connectivity index (χ0) is 17.6. The first-order valence-corrected chi connectivity index (χ1v) is 8.51. The van der Waals surface area contributed by atoms with Crippen molar-refractivity contribution in [2.75, 3.05) is 11.9 Å². The van der Waals surface area contributed by atoms with Crippen LogP contribution in [-0.4, -0.2) is 30.1 Å². The zero-order valence-electron chi connectivity index (χ0n) is 14.8. The molecule has 25 heavy (non-hydrogen) atoms. The zero-order valence-corrected chi connectivity index (χ0v) is 15.7. The molecule has 0 radical (unpaired) electrons. The predicted molar refractivity (Wildman–Crippen MR) is 101 cm³/mol. The van der Waals surface area contributed by atoms with Crippen molar-refractivity contribution in [1.29, 1.82) is 0 Å². The number of hydrogen-bond donors (Lipinski definition) is 3. The number of halogens is 1. The minimum absolute atomic E-state index is 0. The predicted octanol–water partition coefficient (Wildman–Crippen LogP) is 2.36. The van der Waals surface area contributed by atoms with Crippen LogP contribution in [0.3, 0.4) is 0 Å². The Bertz CT molecular complexity index is 587. The van der Waals surface area contributed by atoms with E-state index in [1.54, 1.807) is 6.92 Å². The van der Waals surface area contributed by atoms with E-state index in [9.17, 15) is 9.59 Å². The monoisotopic (exact) mass is 369 g/mol. The summed E-state index contributed by atoms with van der Waals surface area (Å²) < 4.78 is 5.37. The molecule has 1 aromatic rings. The Hall–Kier alpha value is -1.63. The van der Waals surface area contributed by atoms with E-state index in [4.69, 9.17) is 10.5 Å². The van der Waals surface area contributed by atoms with Gasteiger partial charge in [0.2, 0.25) is 5.91 Å². The summed E-state index contributed by atoms with van der Waals surface area (Å²) in [7, 11) is 0. The number of carbonyl (C=O) groups excluding carboxylic acids is 2. The highest BCUT2D eigenvalue weighted by molar-refractivity contribution is 5.94. The van der Waals surface area contributed by atoms with Gasteiger partial charge in [0.15, 0.2) is 0 Å². The quantitative estimate of drug-likeness (QED) is 0.687. The fourth-order valence-electron chi connectivity index (χ4n) is 2.78. The first kappa shape index (κ1) is 21.4. The molecule has 1 saturated heterocycles. The van der Waals surface area contributed by atoms with Crippen LogP contribution in [0.25, 0.3) is 0 Å². The summed E-state index contributed by atoms with van der Waals surface area (Å²) in [4.78, 5) is 24.2. The van der Waals surface area contributed by atoms with Crippen molar-refractivity contribution < 1.29 is 14.3 Å². The van der Waals surface area contributed by atoms with Crippen LogP contribution in [0.15, 0.2) is 24.3 Å². The van der Waals surface area contributed by atoms with E-state index in [0.717, 1.165) is 24.8 Å². The molecule has 2 rings (SSSR count). The number of nitrogens with one attached hydrogen (secondary N) is 2. The second kappa shape index (κ2) is 9.75. The maximum atomic E-state index is 12.1. The van der Waals surface area contributed by atoms with Gasteiger partial charge < -0.3 is 21.1 Å². The molecule has 2 atom stereocenters. The van der Waals surface area contributed by atoms with E-state index >= 15 is 0 Å². The molecule has 1 aliphatic rings. The lowest BCUT2D eigenvalue weighted by Crippen LogP contribution is -2.51. The molecule has 140 valence electrons. The second-order valence-corrected chi connectivity index (χ2v) is 6.54. The topological polar surface area (TPSA) is 93.5 Å². The van der Waals surface area contributed by atoms with E-state index in [-0.39, 0.29) is 30.3 Å². The van der Waals surface area contributed by atoms with Crippen molar-refractivity contribution >= 4 is 29.9 Å². The lowest BCUT2D eigenvalue weighted by Gasteiger charge is -2.22. The van der Waals surface area contributed by atoms with Crippen molar-refractivity contribution in [3.05, 3.63) is 29.8 Å². The fourth-order valence-corrected chi connectivity index (χ4v) is 2.78. The molecule has 6 nitrogen and oxygen atoms in total. The average molecular weight is 370 g/mol. The number of nitrogens with two attached hydrogens (primary N) is 1. The van der Waals surface area contributed by atoms with Crippen LogP contribution in [-0.2, 0) is 20.9 Å². The molecule has 0 aliphatic carbocycles. The Morgan fingerprint density at radius 1 is 1.40 bits per heavy atom. The van der Waals surface area contributed by atoms with Crippen LogP contribution in [0.1, 0.15) is 45.1 Å². The maximum Gasteiger partial charge on any atom is 0.253 e. The minimum atomic E-state index is -0.861. The molecule has 1 fully saturated rings. The standard InChI is InChI=1S/C18H27N3O3.ClH/c1-3-9-18(2,19)17(23)20-12-13-6-4-7-14(11-13)21-16(22)15-8-5-10-24-15;/h4,6-7,11,15H,3,5,8-10,12,19H2,1-2H3,(H,20,23)(H,21,22);1H. The van der Waals surface area contributed by atoms with Gasteiger partial charge in [-0.1, -0.05) is 25.5 Å². The van der Waals surface area contributed by atoms with Gasteiger partial charge in [0.05, 0.1) is 5.54 Å². The van der Waals surface area contributed by atoms with Gasteiger partial charge in [0.25, 0.3) is 5.91 Å². The SMILES string of the molecule is CCCC(C)(N)C(=O)NCc1cccc(NC(=O)C2CCCO2)c1.Cl. The Kier molecular flexibility index (Phi) is 8.35. The van der Waals surface area contributed by atoms with E-state index in [0.29, 0.717) is 25.3 Å². The third-order valence-corrected chi connectivity index (χ3v) is 4.16. The van der Waals surface area contributed by atoms with Gasteiger partial charge in [-0.05, 0) is 43.9 Å². The summed E-state index contributed by atoms with van der Waals surface area (Å²) in [6, 6.07) is 7.42. The number of carbonyl (C=O) groups is 2. The summed E-state index contributed by atoms with van der Waals surface area (Å²) in [6.45, 7) is 4.75. The Morgan fingerprint density at radius 3 is 2.80 bits per heavy atom. The van der Waals surface area contributed by atoms with Gasteiger partial charge in [0, 0.05) is 18.8 Å². The van der Waals surface area contributed by atoms with Crippen LogP contribution in [0.4, 0.5) is 5.69 Å². The molecule has 1 aliphatic heterocycles. The summed E-state index contributed by atoms with van der Waals surface area (Å²) in [5, 5.41) is 5.72. The van der Waals surface area contributed by atoms with Gasteiger partial charge in [-0.25, -0.2) is 0 Å². The summed E-state index contributed by atoms with van der Waals surface area (Å²) in [5.74, 6) is -0.288. The normalized spacial score (nSPS) is 18.8. The van der Waals surface area contributed by atoms with Crippen LogP contribution in [0.2, 0.25) is 0 Å². The number of ether oxygens (including phenoxy) is 1. The van der Waals surface area contributed by atoms with E-state index in [2.05, 4.69) is 10.6 Å². The van der Waals surface area contributed by atoms with Gasteiger partial charge in [-0.15, -0.1) is 12.4 Å². The second-order valence-electron chi connectivity index (χ2n) is 6.54. The van der Waals surface area contributed by atoms with Gasteiger partial charge >= 0.3 is 0 Å². The molecule has 0 spiro atoms. The first-order valence-electron chi connectivity index (χ1n) is 8.51. The lowest BCUT2D eigenvalue weighted by molar-refractivity contribution is -0.126. The first-order chi connectivity index (χ1) is 11.4. The lowest BCUT2D eigenvalue weighted by atomic mass is 9.96. The van der Waals surface area contributed by atoms with Crippen LogP contribution >= 0.6 is 12.4 Å². The molecule has 2 amide bonds. The van der Waals surface area contributed by atoms with E-state index < -0.39 is 5.54 Å². The molecule has 0 bridgehead atoms. The Balaban J connectivity index is 0.00000312. The smallest absolute Gasteiger partial charge is 0.253 e. The Labute approximate surface area is 155 Å². The number of anilines is 1. The number of hydrogen-bond acceptors (Lipinski definition) is 4. The molecule has 0 saturated carbocycles. The van der Waals surface area contributed by atoms with E-state index in [1.807, 2.05) is 31.2 Å². The van der Waals surface area contributed by atoms with Gasteiger partial charge in [0.1, 0.15) is 6.10 Å². The van der Waals surface area contributed by atoms with Gasteiger partial charge in [-0.2, -0.15) is 0 Å². The van der Waals surface area contributed by atoms with Crippen LogP contribution < -0.4 is 16.4 Å². The summed E-state index contributed by atoms with van der Waals surface area (Å²) in [6.07, 6.45) is 2.80. The largest absolute Gasteiger partial charge is 0.368 e. The molecular formula is C18H28ClN3O3. The average Bonchev–Trinajstić information content (AvgIpc) is 3.07. The number of amides is 2. The fraction of sp³-hybridized carbons (Fsp3) is 0.556. The van der Waals surface area contributed by atoms with Crippen molar-refractivity contribution in [3.8, 4) is 0 Å². The molecular weight excluding hydrogens is 342 g/mol. The van der Waals surface area contributed by atoms with Crippen LogP contribution in [0, 0.1) is 0 Å². The molecule has 1 heterocycles. The minimum Gasteiger partial charge on any atom is -0.368 e. The number of rotatable bonds is 7. The van der Waals surface area contributed by atoms with Crippen molar-refractivity contribution in [2.24, 2.45) is 5.73 Å². The van der Waals surface area contributed by atoms with Crippen molar-refractivity contribution in [3.63, 3.8) is 0 Å². The number of benzene rings is 1. The molecule has 1 aromatic carbocycles. The highest BCUT2D eigenvalue weighted by Gasteiger charge is 2.26. The third-order valence-electron chi connectivity index (χ3n) is 4.16. The summed E-state index contributed by atoms with van der Waals surface area (Å²) >= 11 is 0. The van der Waals surface area contributed by atoms with Gasteiger partial charge in [-0.3, -0.25) is 9.59 Å². The maximum absolute atomic E-state index is 12.1. The molecule has 0 aromatic heterocycles. The third kappa shape index (κ3) is 6.30. The Morgan fingerprint density at radius 2 is 2.16 bits per heavy atom. The highest BCUT2D eigenvalue weighted by Crippen LogP contribution is 2.16.